The van der Waals surface area contributed by atoms with Crippen molar-refractivity contribution in [3.05, 3.63) is 71.8 Å². The number of methoxy groups -OCH3 is 1. The minimum atomic E-state index is -0.720. The van der Waals surface area contributed by atoms with Gasteiger partial charge in [0.2, 0.25) is 0 Å². The lowest BCUT2D eigenvalue weighted by Crippen LogP contribution is -2.57. The van der Waals surface area contributed by atoms with E-state index in [0.717, 1.165) is 38.9 Å². The summed E-state index contributed by atoms with van der Waals surface area (Å²) >= 11 is 0. The second-order valence-corrected chi connectivity index (χ2v) is 9.12. The summed E-state index contributed by atoms with van der Waals surface area (Å²) in [4.78, 5) is 32.6. The number of likely N-dealkylation sites (tertiary alicyclic amines) is 1. The van der Waals surface area contributed by atoms with Gasteiger partial charge in [-0.15, -0.1) is 0 Å². The predicted octanol–water partition coefficient (Wildman–Crippen LogP) is 3.95. The molecule has 0 aromatic heterocycles. The van der Waals surface area contributed by atoms with Gasteiger partial charge in [-0.05, 0) is 43.2 Å². The number of ether oxygens (including phenoxy) is 1. The lowest BCUT2D eigenvalue weighted by Gasteiger charge is -2.42. The number of rotatable bonds is 10. The van der Waals surface area contributed by atoms with Gasteiger partial charge in [0.15, 0.2) is 0 Å². The second kappa shape index (κ2) is 10.9. The Balaban J connectivity index is 1.38. The van der Waals surface area contributed by atoms with Crippen LogP contribution in [0, 0.1) is 0 Å². The lowest BCUT2D eigenvalue weighted by molar-refractivity contribution is -0.136. The molecule has 2 heterocycles. The van der Waals surface area contributed by atoms with Crippen LogP contribution in [0.3, 0.4) is 0 Å². The number of carbonyl (C=O) groups excluding carboxylic acids is 2. The summed E-state index contributed by atoms with van der Waals surface area (Å²) in [6, 6.07) is 20.6. The summed E-state index contributed by atoms with van der Waals surface area (Å²) in [6.07, 6.45) is 4.09. The summed E-state index contributed by atoms with van der Waals surface area (Å²) < 4.78 is 5.27. The highest BCUT2D eigenvalue weighted by Crippen LogP contribution is 2.37. The molecule has 0 unspecified atom stereocenters. The average Bonchev–Trinajstić information content (AvgIpc) is 3.04. The molecule has 2 fully saturated rings. The number of unbranched alkanes of at least 4 members (excludes halogenated alkanes) is 1. The Labute approximate surface area is 197 Å². The highest BCUT2D eigenvalue weighted by Gasteiger charge is 2.57. The van der Waals surface area contributed by atoms with Crippen LogP contribution in [0.25, 0.3) is 0 Å². The molecule has 33 heavy (non-hydrogen) atoms. The van der Waals surface area contributed by atoms with Crippen LogP contribution in [0.15, 0.2) is 60.7 Å². The van der Waals surface area contributed by atoms with Crippen molar-refractivity contribution in [2.75, 3.05) is 39.9 Å². The highest BCUT2D eigenvalue weighted by atomic mass is 16.5. The van der Waals surface area contributed by atoms with Crippen molar-refractivity contribution in [3.63, 3.8) is 0 Å². The molecule has 6 heteroatoms. The minimum absolute atomic E-state index is 0.0114. The Kier molecular flexibility index (Phi) is 7.78. The van der Waals surface area contributed by atoms with Gasteiger partial charge >= 0.3 is 6.03 Å². The SMILES string of the molecule is COCCN1C(=O)N(CCCCc2ccccc2)C(=O)C12CCN(Cc1ccccc1)CC2. The van der Waals surface area contributed by atoms with Gasteiger partial charge in [-0.3, -0.25) is 14.6 Å². The first kappa shape index (κ1) is 23.5. The molecule has 4 rings (SSSR count). The molecular formula is C27H35N3O3. The third-order valence-electron chi connectivity index (χ3n) is 7.01. The number of amides is 3. The molecule has 176 valence electrons. The topological polar surface area (TPSA) is 53.1 Å². The van der Waals surface area contributed by atoms with Gasteiger partial charge in [0.1, 0.15) is 5.54 Å². The summed E-state index contributed by atoms with van der Waals surface area (Å²) in [6.45, 7) is 3.87. The molecule has 0 aliphatic carbocycles. The second-order valence-electron chi connectivity index (χ2n) is 9.12. The number of hydrogen-bond donors (Lipinski definition) is 0. The molecule has 2 aliphatic heterocycles. The van der Waals surface area contributed by atoms with E-state index in [1.807, 2.05) is 24.3 Å². The van der Waals surface area contributed by atoms with Crippen LogP contribution in [0.1, 0.15) is 36.8 Å². The van der Waals surface area contributed by atoms with Crippen LogP contribution >= 0.6 is 0 Å². The van der Waals surface area contributed by atoms with Gasteiger partial charge in [-0.25, -0.2) is 4.79 Å². The van der Waals surface area contributed by atoms with E-state index in [9.17, 15) is 9.59 Å². The molecule has 2 aromatic rings. The summed E-state index contributed by atoms with van der Waals surface area (Å²) in [7, 11) is 1.64. The van der Waals surface area contributed by atoms with E-state index in [2.05, 4.69) is 41.3 Å². The number of imide groups is 1. The first-order chi connectivity index (χ1) is 16.1. The standard InChI is InChI=1S/C27H35N3O3/c1-33-21-20-30-26(32)29(17-9-8-12-23-10-4-2-5-11-23)25(31)27(30)15-18-28(19-16-27)22-24-13-6-3-7-14-24/h2-7,10-11,13-14H,8-9,12,15-22H2,1H3. The van der Waals surface area contributed by atoms with Crippen molar-refractivity contribution < 1.29 is 14.3 Å². The van der Waals surface area contributed by atoms with Crippen LogP contribution in [-0.4, -0.2) is 72.1 Å². The van der Waals surface area contributed by atoms with Crippen molar-refractivity contribution in [1.29, 1.82) is 0 Å². The maximum absolute atomic E-state index is 13.6. The van der Waals surface area contributed by atoms with Gasteiger partial charge in [0, 0.05) is 39.8 Å². The average molecular weight is 450 g/mol. The largest absolute Gasteiger partial charge is 0.383 e. The molecule has 0 N–H and O–H groups in total. The molecule has 2 aromatic carbocycles. The van der Waals surface area contributed by atoms with Crippen LogP contribution in [0.2, 0.25) is 0 Å². The zero-order valence-electron chi connectivity index (χ0n) is 19.6. The Bertz CT molecular complexity index is 911. The number of piperidine rings is 1. The van der Waals surface area contributed by atoms with E-state index in [1.165, 1.54) is 16.0 Å². The molecule has 0 atom stereocenters. The van der Waals surface area contributed by atoms with E-state index in [0.29, 0.717) is 32.5 Å². The predicted molar refractivity (Wildman–Crippen MR) is 129 cm³/mol. The van der Waals surface area contributed by atoms with E-state index in [4.69, 9.17) is 4.74 Å². The first-order valence-corrected chi connectivity index (χ1v) is 12.1. The summed E-state index contributed by atoms with van der Waals surface area (Å²) in [5, 5.41) is 0. The van der Waals surface area contributed by atoms with Crippen molar-refractivity contribution in [2.24, 2.45) is 0 Å². The Hall–Kier alpha value is -2.70. The smallest absolute Gasteiger partial charge is 0.327 e. The first-order valence-electron chi connectivity index (χ1n) is 12.1. The van der Waals surface area contributed by atoms with E-state index in [-0.39, 0.29) is 11.9 Å². The van der Waals surface area contributed by atoms with Crippen LogP contribution in [0.4, 0.5) is 4.79 Å². The zero-order chi connectivity index (χ0) is 23.1. The third-order valence-corrected chi connectivity index (χ3v) is 7.01. The Morgan fingerprint density at radius 3 is 2.12 bits per heavy atom. The molecule has 6 nitrogen and oxygen atoms in total. The molecular weight excluding hydrogens is 414 g/mol. The minimum Gasteiger partial charge on any atom is -0.383 e. The number of aryl methyl sites for hydroxylation is 1. The molecule has 0 saturated carbocycles. The summed E-state index contributed by atoms with van der Waals surface area (Å²) in [5.41, 5.74) is 1.85. The fourth-order valence-electron chi connectivity index (χ4n) is 5.12. The number of carbonyl (C=O) groups is 2. The van der Waals surface area contributed by atoms with Gasteiger partial charge in [0.25, 0.3) is 5.91 Å². The van der Waals surface area contributed by atoms with Crippen LogP contribution < -0.4 is 0 Å². The van der Waals surface area contributed by atoms with Crippen molar-refractivity contribution in [1.82, 2.24) is 14.7 Å². The van der Waals surface area contributed by atoms with Crippen molar-refractivity contribution >= 4 is 11.9 Å². The maximum Gasteiger partial charge on any atom is 0.327 e. The Morgan fingerprint density at radius 2 is 1.48 bits per heavy atom. The monoisotopic (exact) mass is 449 g/mol. The maximum atomic E-state index is 13.6. The molecule has 0 radical (unpaired) electrons. The van der Waals surface area contributed by atoms with Gasteiger partial charge in [-0.2, -0.15) is 0 Å². The van der Waals surface area contributed by atoms with E-state index < -0.39 is 5.54 Å². The van der Waals surface area contributed by atoms with Gasteiger partial charge in [-0.1, -0.05) is 60.7 Å². The molecule has 0 bridgehead atoms. The fourth-order valence-corrected chi connectivity index (χ4v) is 5.12. The van der Waals surface area contributed by atoms with Crippen molar-refractivity contribution in [2.45, 2.75) is 44.2 Å². The van der Waals surface area contributed by atoms with E-state index >= 15 is 0 Å². The number of nitrogens with zero attached hydrogens (tertiary/aromatic N) is 3. The number of benzene rings is 2. The van der Waals surface area contributed by atoms with Gasteiger partial charge < -0.3 is 9.64 Å². The highest BCUT2D eigenvalue weighted by molar-refractivity contribution is 6.07. The molecule has 3 amide bonds. The van der Waals surface area contributed by atoms with Crippen LogP contribution in [0.5, 0.6) is 0 Å². The van der Waals surface area contributed by atoms with Crippen LogP contribution in [-0.2, 0) is 22.5 Å². The molecule has 1 spiro atoms. The normalized spacial score (nSPS) is 18.5. The number of hydrogen-bond acceptors (Lipinski definition) is 4. The summed E-state index contributed by atoms with van der Waals surface area (Å²) in [5.74, 6) is -0.0114. The third kappa shape index (κ3) is 5.28. The van der Waals surface area contributed by atoms with E-state index in [1.54, 1.807) is 12.0 Å². The fraction of sp³-hybridized carbons (Fsp3) is 0.481. The lowest BCUT2D eigenvalue weighted by atomic mass is 9.85. The van der Waals surface area contributed by atoms with Crippen molar-refractivity contribution in [3.8, 4) is 0 Å². The van der Waals surface area contributed by atoms with Gasteiger partial charge in [0.05, 0.1) is 6.61 Å². The molecule has 2 aliphatic rings. The number of urea groups is 1. The Morgan fingerprint density at radius 1 is 0.848 bits per heavy atom. The zero-order valence-corrected chi connectivity index (χ0v) is 19.6. The molecule has 2 saturated heterocycles. The quantitative estimate of drug-likeness (QED) is 0.407.